The molecule has 2 unspecified atom stereocenters. The number of hydrogen-bond donors (Lipinski definition) is 1. The van der Waals surface area contributed by atoms with E-state index in [4.69, 9.17) is 32.7 Å². The van der Waals surface area contributed by atoms with Crippen LogP contribution in [-0.2, 0) is 19.1 Å². The summed E-state index contributed by atoms with van der Waals surface area (Å²) in [6.45, 7) is 3.84. The molecule has 1 saturated heterocycles. The maximum absolute atomic E-state index is 14.2. The van der Waals surface area contributed by atoms with Crippen LogP contribution in [0.15, 0.2) is 73.1 Å². The van der Waals surface area contributed by atoms with Crippen LogP contribution >= 0.6 is 23.2 Å². The third kappa shape index (κ3) is 6.02. The van der Waals surface area contributed by atoms with Gasteiger partial charge in [-0.15, -0.1) is 0 Å². The first kappa shape index (κ1) is 28.0. The predicted octanol–water partition coefficient (Wildman–Crippen LogP) is 5.86. The number of aliphatic hydroxyl groups is 1. The summed E-state index contributed by atoms with van der Waals surface area (Å²) in [5, 5.41) is 12.4. The molecule has 1 N–H and O–H groups in total. The van der Waals surface area contributed by atoms with Crippen molar-refractivity contribution in [2.75, 3.05) is 6.61 Å². The predicted molar refractivity (Wildman–Crippen MR) is 145 cm³/mol. The van der Waals surface area contributed by atoms with E-state index in [2.05, 4.69) is 4.98 Å². The summed E-state index contributed by atoms with van der Waals surface area (Å²) < 4.78 is 11.9. The second kappa shape index (κ2) is 12.7. The molecule has 0 radical (unpaired) electrons. The number of rotatable bonds is 9. The number of aliphatic hydroxyl groups excluding tert-OH is 1. The highest BCUT2D eigenvalue weighted by Crippen LogP contribution is 2.46. The first-order chi connectivity index (χ1) is 18.3. The number of benzene rings is 2. The standard InChI is InChI=1S/C29H30Cl2N2O5/c1-3-5-23(29(36)37-4-2)33-24(18-6-10-21(30)11-7-18)26(20-8-12-22(31)13-9-20)38-27(28(33)35)25(34)19-14-16-32-17-15-19/h6-17,23-27,34H,3-5H2,1-2H3/t23-,24?,25?,26+,27+/m0/s1. The molecule has 1 fully saturated rings. The van der Waals surface area contributed by atoms with E-state index in [1.165, 1.54) is 17.3 Å². The molecular weight excluding hydrogens is 527 g/mol. The van der Waals surface area contributed by atoms with Gasteiger partial charge in [-0.25, -0.2) is 4.79 Å². The van der Waals surface area contributed by atoms with Gasteiger partial charge in [0.25, 0.3) is 5.91 Å². The number of esters is 1. The van der Waals surface area contributed by atoms with E-state index in [1.807, 2.05) is 31.2 Å². The van der Waals surface area contributed by atoms with E-state index in [1.54, 1.807) is 43.3 Å². The minimum atomic E-state index is -1.29. The van der Waals surface area contributed by atoms with E-state index < -0.39 is 42.3 Å². The van der Waals surface area contributed by atoms with Gasteiger partial charge in [0.2, 0.25) is 0 Å². The number of halogens is 2. The lowest BCUT2D eigenvalue weighted by molar-refractivity contribution is -0.198. The Bertz CT molecular complexity index is 1220. The molecule has 38 heavy (non-hydrogen) atoms. The van der Waals surface area contributed by atoms with Crippen LogP contribution in [-0.4, -0.2) is 45.6 Å². The van der Waals surface area contributed by atoms with Gasteiger partial charge in [0.15, 0.2) is 6.10 Å². The van der Waals surface area contributed by atoms with Crippen LogP contribution in [0, 0.1) is 0 Å². The topological polar surface area (TPSA) is 89.0 Å². The highest BCUT2D eigenvalue weighted by molar-refractivity contribution is 6.30. The van der Waals surface area contributed by atoms with E-state index in [9.17, 15) is 14.7 Å². The number of nitrogens with zero attached hydrogens (tertiary/aromatic N) is 2. The van der Waals surface area contributed by atoms with Crippen molar-refractivity contribution in [3.63, 3.8) is 0 Å². The zero-order valence-corrected chi connectivity index (χ0v) is 22.7. The summed E-state index contributed by atoms with van der Waals surface area (Å²) in [6, 6.07) is 15.9. The average Bonchev–Trinajstić information content (AvgIpc) is 2.93. The molecule has 1 aliphatic rings. The molecule has 1 amide bonds. The Morgan fingerprint density at radius 1 is 1.00 bits per heavy atom. The van der Waals surface area contributed by atoms with Crippen molar-refractivity contribution in [1.82, 2.24) is 9.88 Å². The maximum Gasteiger partial charge on any atom is 0.328 e. The molecule has 3 aromatic rings. The zero-order chi connectivity index (χ0) is 27.2. The fraction of sp³-hybridized carbons (Fsp3) is 0.345. The number of amides is 1. The van der Waals surface area contributed by atoms with Gasteiger partial charge >= 0.3 is 5.97 Å². The highest BCUT2D eigenvalue weighted by Gasteiger charge is 2.50. The largest absolute Gasteiger partial charge is 0.464 e. The zero-order valence-electron chi connectivity index (χ0n) is 21.2. The van der Waals surface area contributed by atoms with Gasteiger partial charge in [0, 0.05) is 22.4 Å². The molecule has 0 spiro atoms. The first-order valence-corrected chi connectivity index (χ1v) is 13.3. The van der Waals surface area contributed by atoms with Crippen LogP contribution in [0.25, 0.3) is 0 Å². The lowest BCUT2D eigenvalue weighted by atomic mass is 9.88. The lowest BCUT2D eigenvalue weighted by Gasteiger charge is -2.48. The second-order valence-corrected chi connectivity index (χ2v) is 9.93. The normalized spacial score (nSPS) is 21.1. The molecule has 5 atom stereocenters. The number of ether oxygens (including phenoxy) is 2. The fourth-order valence-corrected chi connectivity index (χ4v) is 5.06. The van der Waals surface area contributed by atoms with Gasteiger partial charge in [0.1, 0.15) is 18.2 Å². The van der Waals surface area contributed by atoms with Crippen molar-refractivity contribution in [1.29, 1.82) is 0 Å². The number of morpholine rings is 1. The van der Waals surface area contributed by atoms with Gasteiger partial charge in [-0.1, -0.05) is 60.8 Å². The molecule has 7 nitrogen and oxygen atoms in total. The molecule has 0 bridgehead atoms. The Balaban J connectivity index is 1.90. The quantitative estimate of drug-likeness (QED) is 0.332. The summed E-state index contributed by atoms with van der Waals surface area (Å²) in [4.78, 5) is 33.0. The van der Waals surface area contributed by atoms with Crippen molar-refractivity contribution in [3.8, 4) is 0 Å². The average molecular weight is 557 g/mol. The Morgan fingerprint density at radius 3 is 2.13 bits per heavy atom. The summed E-state index contributed by atoms with van der Waals surface area (Å²) in [6.07, 6.45) is 0.769. The summed E-state index contributed by atoms with van der Waals surface area (Å²) in [7, 11) is 0. The lowest BCUT2D eigenvalue weighted by Crippen LogP contribution is -2.58. The van der Waals surface area contributed by atoms with Crippen molar-refractivity contribution >= 4 is 35.1 Å². The van der Waals surface area contributed by atoms with Gasteiger partial charge in [-0.3, -0.25) is 9.78 Å². The van der Waals surface area contributed by atoms with Crippen LogP contribution in [0.3, 0.4) is 0 Å². The minimum absolute atomic E-state index is 0.173. The van der Waals surface area contributed by atoms with Crippen LogP contribution in [0.4, 0.5) is 0 Å². The molecule has 1 aromatic heterocycles. The van der Waals surface area contributed by atoms with E-state index in [0.717, 1.165) is 11.1 Å². The summed E-state index contributed by atoms with van der Waals surface area (Å²) in [5.74, 6) is -1.01. The SMILES string of the molecule is CCC[C@@H](C(=O)OCC)N1C(=O)[C@@H](C(O)c2ccncc2)O[C@H](c2ccc(Cl)cc2)C1c1ccc(Cl)cc1. The van der Waals surface area contributed by atoms with E-state index >= 15 is 0 Å². The number of aromatic nitrogens is 1. The van der Waals surface area contributed by atoms with Crippen molar-refractivity contribution in [2.45, 2.75) is 57.1 Å². The molecule has 2 aromatic carbocycles. The first-order valence-electron chi connectivity index (χ1n) is 12.6. The maximum atomic E-state index is 14.2. The molecule has 0 saturated carbocycles. The second-order valence-electron chi connectivity index (χ2n) is 9.05. The van der Waals surface area contributed by atoms with Crippen molar-refractivity contribution in [2.24, 2.45) is 0 Å². The Hall–Kier alpha value is -2.97. The van der Waals surface area contributed by atoms with Crippen LogP contribution < -0.4 is 0 Å². The number of hydrogen-bond acceptors (Lipinski definition) is 6. The highest BCUT2D eigenvalue weighted by atomic mass is 35.5. The Kier molecular flexibility index (Phi) is 9.39. The number of carbonyl (C=O) groups is 2. The van der Waals surface area contributed by atoms with Crippen LogP contribution in [0.2, 0.25) is 10.0 Å². The molecule has 4 rings (SSSR count). The van der Waals surface area contributed by atoms with Gasteiger partial charge in [-0.2, -0.15) is 0 Å². The monoisotopic (exact) mass is 556 g/mol. The minimum Gasteiger partial charge on any atom is -0.464 e. The molecule has 200 valence electrons. The van der Waals surface area contributed by atoms with Gasteiger partial charge in [-0.05, 0) is 66.4 Å². The van der Waals surface area contributed by atoms with Gasteiger partial charge in [0.05, 0.1) is 12.6 Å². The van der Waals surface area contributed by atoms with Gasteiger partial charge < -0.3 is 19.5 Å². The van der Waals surface area contributed by atoms with Crippen molar-refractivity contribution in [3.05, 3.63) is 99.8 Å². The van der Waals surface area contributed by atoms with Crippen molar-refractivity contribution < 1.29 is 24.2 Å². The van der Waals surface area contributed by atoms with Crippen LogP contribution in [0.1, 0.15) is 61.6 Å². The number of pyridine rings is 1. The Morgan fingerprint density at radius 2 is 1.58 bits per heavy atom. The smallest absolute Gasteiger partial charge is 0.328 e. The third-order valence-corrected chi connectivity index (χ3v) is 7.08. The summed E-state index contributed by atoms with van der Waals surface area (Å²) in [5.41, 5.74) is 1.93. The van der Waals surface area contributed by atoms with E-state index in [0.29, 0.717) is 28.5 Å². The Labute approximate surface area is 232 Å². The molecular formula is C29H30Cl2N2O5. The molecule has 0 aliphatic carbocycles. The van der Waals surface area contributed by atoms with Crippen LogP contribution in [0.5, 0.6) is 0 Å². The molecule has 1 aliphatic heterocycles. The summed E-state index contributed by atoms with van der Waals surface area (Å²) >= 11 is 12.4. The number of carbonyl (C=O) groups excluding carboxylic acids is 2. The third-order valence-electron chi connectivity index (χ3n) is 6.58. The fourth-order valence-electron chi connectivity index (χ4n) is 4.80. The van der Waals surface area contributed by atoms with E-state index in [-0.39, 0.29) is 6.61 Å². The molecule has 2 heterocycles. The molecule has 9 heteroatoms.